The number of anilines is 3. The monoisotopic (exact) mass is 930 g/mol. The Bertz CT molecular complexity index is 2830. The number of nitrogens with two attached hydrogens (primary N) is 1. The Morgan fingerprint density at radius 3 is 1.27 bits per heavy atom. The van der Waals surface area contributed by atoms with Gasteiger partial charge < -0.3 is 11.1 Å². The van der Waals surface area contributed by atoms with Crippen LogP contribution in [-0.4, -0.2) is 0 Å². The molecule has 6 aromatic carbocycles. The summed E-state index contributed by atoms with van der Waals surface area (Å²) in [5, 5.41) is 8.21. The normalized spacial score (nSPS) is 11.3. The SMILES string of the molecule is Cc1cc(C(C)(C)C)ccc1N.Cc1cc(C(C)(C)C)ccc1Nc1csc(-c2ccccc2C)c1-c1ccccc1C.Cc1ccccc1-c1scc(Br)c1-c1ccccc1C. The highest BCUT2D eigenvalue weighted by molar-refractivity contribution is 9.10. The molecule has 2 heterocycles. The molecule has 0 aliphatic carbocycles. The molecule has 2 aromatic heterocycles. The molecule has 0 aliphatic heterocycles. The van der Waals surface area contributed by atoms with Crippen LogP contribution in [0.2, 0.25) is 0 Å². The molecule has 0 saturated carbocycles. The summed E-state index contributed by atoms with van der Waals surface area (Å²) < 4.78 is 1.18. The van der Waals surface area contributed by atoms with Crippen LogP contribution < -0.4 is 11.1 Å². The zero-order chi connectivity index (χ0) is 45.6. The van der Waals surface area contributed by atoms with Crippen LogP contribution in [0, 0.1) is 41.5 Å². The van der Waals surface area contributed by atoms with Gasteiger partial charge in [-0.2, -0.15) is 0 Å². The number of rotatable bonds is 6. The molecule has 0 unspecified atom stereocenters. The van der Waals surface area contributed by atoms with Crippen molar-refractivity contribution in [3.05, 3.63) is 193 Å². The fraction of sp³-hybridized carbons (Fsp3) is 0.241. The maximum atomic E-state index is 5.73. The number of hydrogen-bond donors (Lipinski definition) is 2. The van der Waals surface area contributed by atoms with Gasteiger partial charge in [0.2, 0.25) is 0 Å². The first kappa shape index (κ1) is 47.3. The minimum absolute atomic E-state index is 0.149. The smallest absolute Gasteiger partial charge is 0.0579 e. The van der Waals surface area contributed by atoms with Crippen molar-refractivity contribution in [1.29, 1.82) is 0 Å². The molecule has 0 fully saturated rings. The quantitative estimate of drug-likeness (QED) is 0.163. The van der Waals surface area contributed by atoms with E-state index in [1.165, 1.54) is 97.8 Å². The highest BCUT2D eigenvalue weighted by Crippen LogP contribution is 2.47. The zero-order valence-corrected chi connectivity index (χ0v) is 42.3. The molecule has 8 rings (SSSR count). The summed E-state index contributed by atoms with van der Waals surface area (Å²) in [5.41, 5.74) is 27.5. The molecule has 0 aliphatic rings. The number of halogens is 1. The Balaban J connectivity index is 0.000000176. The molecular formula is C58H63BrN2S2. The minimum Gasteiger partial charge on any atom is -0.399 e. The molecule has 0 saturated heterocycles. The third-order valence-corrected chi connectivity index (χ3v) is 14.6. The first-order valence-electron chi connectivity index (χ1n) is 21.7. The maximum absolute atomic E-state index is 5.73. The predicted molar refractivity (Wildman–Crippen MR) is 284 cm³/mol. The lowest BCUT2D eigenvalue weighted by Gasteiger charge is -2.21. The van der Waals surface area contributed by atoms with Crippen molar-refractivity contribution in [3.8, 4) is 43.1 Å². The van der Waals surface area contributed by atoms with E-state index in [1.54, 1.807) is 11.3 Å². The van der Waals surface area contributed by atoms with Crippen molar-refractivity contribution in [3.63, 3.8) is 0 Å². The molecule has 3 N–H and O–H groups in total. The van der Waals surface area contributed by atoms with Crippen molar-refractivity contribution in [2.24, 2.45) is 0 Å². The van der Waals surface area contributed by atoms with E-state index in [4.69, 9.17) is 5.73 Å². The van der Waals surface area contributed by atoms with Crippen LogP contribution in [0.15, 0.2) is 149 Å². The Morgan fingerprint density at radius 2 is 0.825 bits per heavy atom. The minimum atomic E-state index is 0.149. The molecule has 0 spiro atoms. The number of nitrogens with one attached hydrogen (secondary N) is 1. The third-order valence-electron chi connectivity index (χ3n) is 11.6. The fourth-order valence-electron chi connectivity index (χ4n) is 7.62. The average molecular weight is 932 g/mol. The van der Waals surface area contributed by atoms with Crippen LogP contribution in [0.3, 0.4) is 0 Å². The summed E-state index contributed by atoms with van der Waals surface area (Å²) in [7, 11) is 0. The van der Waals surface area contributed by atoms with E-state index >= 15 is 0 Å². The standard InChI is InChI=1S/C29H31NS.C18H15BrS.C11H17N/c1-19-11-7-9-13-23(19)27-26(18-31-28(27)24-14-10-8-12-20(24)2)30-25-16-15-22(17-21(25)3)29(4,5)6;1-12-7-3-5-9-14(12)17-16(19)11-20-18(17)15-10-6-4-8-13(15)2;1-8-7-9(11(2,3)4)5-6-10(8)12/h7-18,30H,1-6H3;3-11H,1-2H3;5-7H,12H2,1-4H3. The summed E-state index contributed by atoms with van der Waals surface area (Å²) in [4.78, 5) is 2.66. The van der Waals surface area contributed by atoms with Gasteiger partial charge in [-0.3, -0.25) is 0 Å². The summed E-state index contributed by atoms with van der Waals surface area (Å²) in [6.45, 7) is 26.4. The topological polar surface area (TPSA) is 38.0 Å². The van der Waals surface area contributed by atoms with Gasteiger partial charge in [0.1, 0.15) is 0 Å². The summed E-state index contributed by atoms with van der Waals surface area (Å²) in [6, 6.07) is 47.5. The van der Waals surface area contributed by atoms with E-state index in [-0.39, 0.29) is 10.8 Å². The Kier molecular flexibility index (Phi) is 15.1. The van der Waals surface area contributed by atoms with Crippen LogP contribution in [0.1, 0.15) is 86.1 Å². The van der Waals surface area contributed by atoms with Gasteiger partial charge in [-0.25, -0.2) is 0 Å². The van der Waals surface area contributed by atoms with Crippen LogP contribution >= 0.6 is 38.6 Å². The molecule has 324 valence electrons. The van der Waals surface area contributed by atoms with E-state index in [9.17, 15) is 0 Å². The number of hydrogen-bond acceptors (Lipinski definition) is 4. The molecule has 63 heavy (non-hydrogen) atoms. The van der Waals surface area contributed by atoms with Gasteiger partial charge >= 0.3 is 0 Å². The molecular weight excluding hydrogens is 869 g/mol. The molecule has 0 radical (unpaired) electrons. The Morgan fingerprint density at radius 1 is 0.429 bits per heavy atom. The molecule has 0 atom stereocenters. The van der Waals surface area contributed by atoms with Crippen LogP contribution in [0.25, 0.3) is 43.1 Å². The molecule has 0 bridgehead atoms. The summed E-state index contributed by atoms with van der Waals surface area (Å²) in [6.07, 6.45) is 0. The van der Waals surface area contributed by atoms with Gasteiger partial charge in [0.25, 0.3) is 0 Å². The lowest BCUT2D eigenvalue weighted by atomic mass is 9.86. The largest absolute Gasteiger partial charge is 0.399 e. The van der Waals surface area contributed by atoms with Crippen molar-refractivity contribution in [2.75, 3.05) is 11.1 Å². The second-order valence-corrected chi connectivity index (χ2v) is 21.2. The fourth-order valence-corrected chi connectivity index (χ4v) is 10.6. The van der Waals surface area contributed by atoms with Crippen LogP contribution in [0.5, 0.6) is 0 Å². The molecule has 5 heteroatoms. The van der Waals surface area contributed by atoms with Crippen molar-refractivity contribution < 1.29 is 0 Å². The van der Waals surface area contributed by atoms with Crippen LogP contribution in [-0.2, 0) is 10.8 Å². The number of thiophene rings is 2. The number of nitrogen functional groups attached to an aromatic ring is 1. The highest BCUT2D eigenvalue weighted by Gasteiger charge is 2.21. The molecule has 2 nitrogen and oxygen atoms in total. The van der Waals surface area contributed by atoms with Gasteiger partial charge in [0.15, 0.2) is 0 Å². The summed E-state index contributed by atoms with van der Waals surface area (Å²) in [5.74, 6) is 0. The van der Waals surface area contributed by atoms with E-state index in [2.05, 4.69) is 236 Å². The lowest BCUT2D eigenvalue weighted by Crippen LogP contribution is -2.11. The Labute approximate surface area is 394 Å². The van der Waals surface area contributed by atoms with Crippen molar-refractivity contribution in [2.45, 2.75) is 93.9 Å². The van der Waals surface area contributed by atoms with E-state index in [1.807, 2.05) is 24.3 Å². The molecule has 0 amide bonds. The summed E-state index contributed by atoms with van der Waals surface area (Å²) >= 11 is 7.34. The third kappa shape index (κ3) is 11.3. The van der Waals surface area contributed by atoms with Crippen molar-refractivity contribution >= 4 is 55.7 Å². The number of benzene rings is 6. The average Bonchev–Trinajstić information content (AvgIpc) is 3.83. The second kappa shape index (κ2) is 20.1. The lowest BCUT2D eigenvalue weighted by molar-refractivity contribution is 0.589. The van der Waals surface area contributed by atoms with Crippen molar-refractivity contribution in [1.82, 2.24) is 0 Å². The van der Waals surface area contributed by atoms with E-state index in [0.717, 1.165) is 11.4 Å². The first-order chi connectivity index (χ1) is 29.8. The van der Waals surface area contributed by atoms with Gasteiger partial charge in [-0.15, -0.1) is 22.7 Å². The highest BCUT2D eigenvalue weighted by atomic mass is 79.9. The van der Waals surface area contributed by atoms with E-state index < -0.39 is 0 Å². The van der Waals surface area contributed by atoms with Gasteiger partial charge in [-0.05, 0) is 147 Å². The second-order valence-electron chi connectivity index (χ2n) is 18.6. The van der Waals surface area contributed by atoms with Gasteiger partial charge in [0.05, 0.1) is 5.69 Å². The predicted octanol–water partition coefficient (Wildman–Crippen LogP) is 18.4. The zero-order valence-electron chi connectivity index (χ0n) is 39.1. The number of aryl methyl sites for hydroxylation is 6. The molecule has 8 aromatic rings. The van der Waals surface area contributed by atoms with Gasteiger partial charge in [0, 0.05) is 47.5 Å². The maximum Gasteiger partial charge on any atom is 0.0579 e. The van der Waals surface area contributed by atoms with E-state index in [0.29, 0.717) is 0 Å². The first-order valence-corrected chi connectivity index (χ1v) is 24.3. The van der Waals surface area contributed by atoms with Gasteiger partial charge in [-0.1, -0.05) is 163 Å². The Hall–Kier alpha value is -5.20. The van der Waals surface area contributed by atoms with Crippen LogP contribution in [0.4, 0.5) is 17.1 Å².